The minimum atomic E-state index is 0.749. The van der Waals surface area contributed by atoms with Crippen molar-refractivity contribution in [2.24, 2.45) is 0 Å². The van der Waals surface area contributed by atoms with Crippen LogP contribution in [0, 0.1) is 0 Å². The Morgan fingerprint density at radius 1 is 1.39 bits per heavy atom. The number of nitrogens with two attached hydrogens (primary N) is 1. The number of aromatic nitrogens is 2. The number of nitrogens with zero attached hydrogens (tertiary/aromatic N) is 2. The fraction of sp³-hybridized carbons (Fsp3) is 0.154. The summed E-state index contributed by atoms with van der Waals surface area (Å²) < 4.78 is 0. The van der Waals surface area contributed by atoms with Gasteiger partial charge in [0.1, 0.15) is 0 Å². The first kappa shape index (κ1) is 11.1. The second-order valence-corrected chi connectivity index (χ2v) is 5.30. The zero-order valence-corrected chi connectivity index (χ0v) is 10.9. The smallest absolute Gasteiger partial charge is 0.203 e. The molecule has 92 valence electrons. The summed E-state index contributed by atoms with van der Waals surface area (Å²) in [6.45, 7) is 0.854. The number of benzene rings is 1. The number of hydrogen-bond acceptors (Lipinski definition) is 4. The van der Waals surface area contributed by atoms with E-state index in [9.17, 15) is 0 Å². The molecule has 1 aromatic carbocycles. The summed E-state index contributed by atoms with van der Waals surface area (Å²) in [6, 6.07) is 9.90. The molecule has 0 aliphatic carbocycles. The van der Waals surface area contributed by atoms with Crippen LogP contribution >= 0.6 is 11.3 Å². The molecule has 2 aromatic heterocycles. The topological polar surface area (TPSA) is 57.9 Å². The van der Waals surface area contributed by atoms with Crippen molar-refractivity contribution in [1.29, 1.82) is 0 Å². The van der Waals surface area contributed by atoms with E-state index in [0.717, 1.165) is 29.2 Å². The van der Waals surface area contributed by atoms with Gasteiger partial charge < -0.3 is 15.6 Å². The molecule has 18 heavy (non-hydrogen) atoms. The summed E-state index contributed by atoms with van der Waals surface area (Å²) in [6.07, 6.45) is 0. The number of fused-ring (bicyclic) bond motifs is 1. The predicted octanol–water partition coefficient (Wildman–Crippen LogP) is 2.84. The van der Waals surface area contributed by atoms with E-state index in [1.54, 1.807) is 11.3 Å². The average Bonchev–Trinajstić information content (AvgIpc) is 2.96. The molecule has 0 saturated heterocycles. The van der Waals surface area contributed by atoms with Gasteiger partial charge in [0.2, 0.25) is 5.95 Å². The van der Waals surface area contributed by atoms with E-state index >= 15 is 0 Å². The molecule has 0 fully saturated rings. The zero-order chi connectivity index (χ0) is 12.5. The monoisotopic (exact) mass is 258 g/mol. The van der Waals surface area contributed by atoms with Gasteiger partial charge in [0, 0.05) is 17.6 Å². The summed E-state index contributed by atoms with van der Waals surface area (Å²) in [7, 11) is 2.03. The molecule has 0 aliphatic rings. The van der Waals surface area contributed by atoms with E-state index in [4.69, 9.17) is 5.73 Å². The number of imidazole rings is 1. The average molecular weight is 258 g/mol. The van der Waals surface area contributed by atoms with Gasteiger partial charge in [0.25, 0.3) is 0 Å². The third-order valence-corrected chi connectivity index (χ3v) is 3.69. The highest BCUT2D eigenvalue weighted by Crippen LogP contribution is 2.21. The SMILES string of the molecule is CN(Cc1cccs1)c1nc2ccc(N)cc2[nH]1. The van der Waals surface area contributed by atoms with Gasteiger partial charge in [-0.3, -0.25) is 0 Å². The van der Waals surface area contributed by atoms with E-state index < -0.39 is 0 Å². The molecule has 0 spiro atoms. The van der Waals surface area contributed by atoms with Crippen LogP contribution in [0.5, 0.6) is 0 Å². The third kappa shape index (κ3) is 2.04. The van der Waals surface area contributed by atoms with Crippen molar-refractivity contribution < 1.29 is 0 Å². The second-order valence-electron chi connectivity index (χ2n) is 4.27. The maximum Gasteiger partial charge on any atom is 0.203 e. The Kier molecular flexibility index (Phi) is 2.68. The maximum atomic E-state index is 5.76. The Balaban J connectivity index is 1.89. The molecular weight excluding hydrogens is 244 g/mol. The molecule has 0 saturated carbocycles. The first-order chi connectivity index (χ1) is 8.72. The molecule has 0 radical (unpaired) electrons. The van der Waals surface area contributed by atoms with Crippen molar-refractivity contribution in [3.63, 3.8) is 0 Å². The molecule has 3 rings (SSSR count). The van der Waals surface area contributed by atoms with Gasteiger partial charge in [-0.1, -0.05) is 6.07 Å². The van der Waals surface area contributed by atoms with Crippen LogP contribution in [-0.2, 0) is 6.54 Å². The quantitative estimate of drug-likeness (QED) is 0.710. The Morgan fingerprint density at radius 3 is 3.06 bits per heavy atom. The van der Waals surface area contributed by atoms with Crippen molar-refractivity contribution >= 4 is 34.0 Å². The summed E-state index contributed by atoms with van der Waals surface area (Å²) in [5.74, 6) is 0.865. The molecule has 0 atom stereocenters. The highest BCUT2D eigenvalue weighted by atomic mass is 32.1. The van der Waals surface area contributed by atoms with E-state index in [-0.39, 0.29) is 0 Å². The van der Waals surface area contributed by atoms with E-state index in [1.807, 2.05) is 25.2 Å². The first-order valence-electron chi connectivity index (χ1n) is 5.71. The summed E-state index contributed by atoms with van der Waals surface area (Å²) in [5, 5.41) is 2.09. The van der Waals surface area contributed by atoms with Crippen LogP contribution in [0.25, 0.3) is 11.0 Å². The molecule has 0 bridgehead atoms. The molecule has 5 heteroatoms. The molecule has 0 unspecified atom stereocenters. The number of anilines is 2. The number of hydrogen-bond donors (Lipinski definition) is 2. The Hall–Kier alpha value is -2.01. The standard InChI is InChI=1S/C13H14N4S/c1-17(8-10-3-2-6-18-10)13-15-11-5-4-9(14)7-12(11)16-13/h2-7H,8,14H2,1H3,(H,15,16). The van der Waals surface area contributed by atoms with Crippen molar-refractivity contribution in [2.75, 3.05) is 17.7 Å². The van der Waals surface area contributed by atoms with Gasteiger partial charge in [-0.05, 0) is 29.6 Å². The zero-order valence-electron chi connectivity index (χ0n) is 10.1. The van der Waals surface area contributed by atoms with Crippen LogP contribution in [0.15, 0.2) is 35.7 Å². The number of nitrogens with one attached hydrogen (secondary N) is 1. The van der Waals surface area contributed by atoms with E-state index in [0.29, 0.717) is 0 Å². The minimum absolute atomic E-state index is 0.749. The van der Waals surface area contributed by atoms with Crippen LogP contribution in [0.2, 0.25) is 0 Å². The van der Waals surface area contributed by atoms with Crippen LogP contribution in [0.1, 0.15) is 4.88 Å². The number of thiophene rings is 1. The Morgan fingerprint density at radius 2 is 2.28 bits per heavy atom. The summed E-state index contributed by atoms with van der Waals surface area (Å²) >= 11 is 1.75. The maximum absolute atomic E-state index is 5.76. The number of rotatable bonds is 3. The fourth-order valence-corrected chi connectivity index (χ4v) is 2.66. The highest BCUT2D eigenvalue weighted by Gasteiger charge is 2.08. The van der Waals surface area contributed by atoms with Gasteiger partial charge in [-0.25, -0.2) is 4.98 Å². The Labute approximate surface area is 109 Å². The van der Waals surface area contributed by atoms with Crippen molar-refractivity contribution in [3.05, 3.63) is 40.6 Å². The molecule has 0 aliphatic heterocycles. The van der Waals surface area contributed by atoms with Gasteiger partial charge in [-0.15, -0.1) is 11.3 Å². The summed E-state index contributed by atoms with van der Waals surface area (Å²) in [5.41, 5.74) is 8.42. The van der Waals surface area contributed by atoms with E-state index in [1.165, 1.54) is 4.88 Å². The Bertz CT molecular complexity index is 657. The van der Waals surface area contributed by atoms with Gasteiger partial charge >= 0.3 is 0 Å². The van der Waals surface area contributed by atoms with Gasteiger partial charge in [0.15, 0.2) is 0 Å². The molecule has 2 heterocycles. The van der Waals surface area contributed by atoms with Crippen LogP contribution in [0.4, 0.5) is 11.6 Å². The lowest BCUT2D eigenvalue weighted by atomic mass is 10.3. The van der Waals surface area contributed by atoms with Gasteiger partial charge in [-0.2, -0.15) is 0 Å². The lowest BCUT2D eigenvalue weighted by Gasteiger charge is -2.14. The predicted molar refractivity (Wildman–Crippen MR) is 76.9 cm³/mol. The van der Waals surface area contributed by atoms with Crippen molar-refractivity contribution in [1.82, 2.24) is 9.97 Å². The fourth-order valence-electron chi connectivity index (χ4n) is 1.91. The first-order valence-corrected chi connectivity index (χ1v) is 6.59. The number of nitrogen functional groups attached to an aromatic ring is 1. The normalized spacial score (nSPS) is 10.9. The minimum Gasteiger partial charge on any atom is -0.399 e. The molecule has 4 nitrogen and oxygen atoms in total. The molecule has 0 amide bonds. The molecular formula is C13H14N4S. The number of aromatic amines is 1. The molecule has 3 N–H and O–H groups in total. The van der Waals surface area contributed by atoms with Crippen molar-refractivity contribution in [3.8, 4) is 0 Å². The van der Waals surface area contributed by atoms with Crippen LogP contribution in [-0.4, -0.2) is 17.0 Å². The van der Waals surface area contributed by atoms with Crippen LogP contribution in [0.3, 0.4) is 0 Å². The molecule has 3 aromatic rings. The third-order valence-electron chi connectivity index (χ3n) is 2.83. The second kappa shape index (κ2) is 4.34. The highest BCUT2D eigenvalue weighted by molar-refractivity contribution is 7.09. The lowest BCUT2D eigenvalue weighted by molar-refractivity contribution is 0.898. The van der Waals surface area contributed by atoms with Gasteiger partial charge in [0.05, 0.1) is 17.6 Å². The summed E-state index contributed by atoms with van der Waals surface area (Å²) in [4.78, 5) is 11.3. The number of H-pyrrole nitrogens is 1. The lowest BCUT2D eigenvalue weighted by Crippen LogP contribution is -2.16. The van der Waals surface area contributed by atoms with Crippen molar-refractivity contribution in [2.45, 2.75) is 6.54 Å². The van der Waals surface area contributed by atoms with Crippen LogP contribution < -0.4 is 10.6 Å². The van der Waals surface area contributed by atoms with E-state index in [2.05, 4.69) is 32.4 Å². The largest absolute Gasteiger partial charge is 0.399 e.